The van der Waals surface area contributed by atoms with Crippen molar-refractivity contribution in [1.29, 1.82) is 0 Å². The molecule has 0 saturated heterocycles. The molecule has 18 heavy (non-hydrogen) atoms. The van der Waals surface area contributed by atoms with Crippen molar-refractivity contribution in [3.05, 3.63) is 47.2 Å². The Hall–Kier alpha value is -1.81. The minimum Gasteiger partial charge on any atom is -0.477 e. The molecule has 0 aliphatic rings. The van der Waals surface area contributed by atoms with Crippen LogP contribution in [-0.4, -0.2) is 16.4 Å². The molecule has 2 N–H and O–H groups in total. The van der Waals surface area contributed by atoms with Crippen LogP contribution in [0.1, 0.15) is 16.8 Å². The topological polar surface area (TPSA) is 53.1 Å². The number of nitrogens with two attached hydrogens (primary N) is 1. The van der Waals surface area contributed by atoms with Gasteiger partial charge in [0, 0.05) is 20.0 Å². The van der Waals surface area contributed by atoms with Gasteiger partial charge in [0.1, 0.15) is 0 Å². The largest absolute Gasteiger partial charge is 0.477 e. The Labute approximate surface area is 107 Å². The highest BCUT2D eigenvalue weighted by Crippen LogP contribution is 2.20. The van der Waals surface area contributed by atoms with Crippen molar-refractivity contribution in [2.24, 2.45) is 12.8 Å². The molecule has 0 unspecified atom stereocenters. The molecule has 1 aromatic carbocycles. The second-order valence-electron chi connectivity index (χ2n) is 4.28. The van der Waals surface area contributed by atoms with Gasteiger partial charge in [-0.1, -0.05) is 30.3 Å². The van der Waals surface area contributed by atoms with Crippen LogP contribution < -0.4 is 10.5 Å². The molecule has 0 aliphatic heterocycles. The van der Waals surface area contributed by atoms with Gasteiger partial charge in [-0.25, -0.2) is 4.68 Å². The molecule has 2 aromatic rings. The van der Waals surface area contributed by atoms with Crippen LogP contribution in [0.5, 0.6) is 5.88 Å². The van der Waals surface area contributed by atoms with E-state index in [1.54, 1.807) is 4.68 Å². The molecule has 4 nitrogen and oxygen atoms in total. The number of rotatable bonds is 5. The van der Waals surface area contributed by atoms with Crippen LogP contribution in [0.25, 0.3) is 0 Å². The molecule has 96 valence electrons. The van der Waals surface area contributed by atoms with Crippen LogP contribution in [0.4, 0.5) is 0 Å². The van der Waals surface area contributed by atoms with Gasteiger partial charge in [-0.2, -0.15) is 5.10 Å². The van der Waals surface area contributed by atoms with Crippen molar-refractivity contribution < 1.29 is 4.74 Å². The molecule has 2 rings (SSSR count). The lowest BCUT2D eigenvalue weighted by atomic mass is 10.2. The highest BCUT2D eigenvalue weighted by Gasteiger charge is 2.12. The Bertz CT molecular complexity index is 505. The molecule has 0 spiro atoms. The summed E-state index contributed by atoms with van der Waals surface area (Å²) in [5.74, 6) is 0.783. The van der Waals surface area contributed by atoms with Gasteiger partial charge in [0.05, 0.1) is 17.9 Å². The molecule has 1 heterocycles. The van der Waals surface area contributed by atoms with Gasteiger partial charge in [0.2, 0.25) is 5.88 Å². The van der Waals surface area contributed by atoms with Crippen molar-refractivity contribution >= 4 is 0 Å². The predicted octanol–water partition coefficient (Wildman–Crippen LogP) is 1.81. The summed E-state index contributed by atoms with van der Waals surface area (Å²) in [6.07, 6.45) is 0.884. The third-order valence-electron chi connectivity index (χ3n) is 2.97. The molecule has 0 saturated carbocycles. The van der Waals surface area contributed by atoms with Crippen LogP contribution in [0.15, 0.2) is 30.3 Å². The van der Waals surface area contributed by atoms with Crippen LogP contribution in [-0.2, 0) is 20.0 Å². The summed E-state index contributed by atoms with van der Waals surface area (Å²) in [6, 6.07) is 10.3. The number of hydrogen-bond donors (Lipinski definition) is 1. The first-order chi connectivity index (χ1) is 8.72. The third-order valence-corrected chi connectivity index (χ3v) is 2.97. The van der Waals surface area contributed by atoms with Gasteiger partial charge in [0.15, 0.2) is 0 Å². The summed E-state index contributed by atoms with van der Waals surface area (Å²) in [5.41, 5.74) is 8.91. The predicted molar refractivity (Wildman–Crippen MR) is 71.5 cm³/mol. The molecule has 0 atom stereocenters. The smallest absolute Gasteiger partial charge is 0.216 e. The van der Waals surface area contributed by atoms with Crippen molar-refractivity contribution in [2.45, 2.75) is 19.9 Å². The Kier molecular flexibility index (Phi) is 3.99. The third kappa shape index (κ3) is 2.71. The molecule has 0 fully saturated rings. The Morgan fingerprint density at radius 1 is 1.28 bits per heavy atom. The molecule has 1 aromatic heterocycles. The summed E-state index contributed by atoms with van der Waals surface area (Å²) >= 11 is 0. The summed E-state index contributed by atoms with van der Waals surface area (Å²) < 4.78 is 7.56. The fourth-order valence-corrected chi connectivity index (χ4v) is 2.01. The SMILES string of the molecule is Cc1nn(C)c(OCCc2ccccc2)c1CN. The number of hydrogen-bond acceptors (Lipinski definition) is 3. The lowest BCUT2D eigenvalue weighted by Crippen LogP contribution is -2.08. The number of aryl methyl sites for hydroxylation is 2. The Morgan fingerprint density at radius 3 is 2.67 bits per heavy atom. The van der Waals surface area contributed by atoms with E-state index in [-0.39, 0.29) is 0 Å². The zero-order valence-corrected chi connectivity index (χ0v) is 10.9. The van der Waals surface area contributed by atoms with Gasteiger partial charge in [0.25, 0.3) is 0 Å². The van der Waals surface area contributed by atoms with Gasteiger partial charge in [-0.3, -0.25) is 0 Å². The van der Waals surface area contributed by atoms with E-state index in [9.17, 15) is 0 Å². The van der Waals surface area contributed by atoms with Crippen LogP contribution >= 0.6 is 0 Å². The molecule has 0 aliphatic carbocycles. The summed E-state index contributed by atoms with van der Waals surface area (Å²) in [6.45, 7) is 3.04. The van der Waals surface area contributed by atoms with E-state index < -0.39 is 0 Å². The van der Waals surface area contributed by atoms with Crippen LogP contribution in [0, 0.1) is 6.92 Å². The molecule has 0 bridgehead atoms. The minimum absolute atomic E-state index is 0.459. The van der Waals surface area contributed by atoms with E-state index in [2.05, 4.69) is 17.2 Å². The van der Waals surface area contributed by atoms with Gasteiger partial charge in [-0.15, -0.1) is 0 Å². The second-order valence-corrected chi connectivity index (χ2v) is 4.28. The zero-order chi connectivity index (χ0) is 13.0. The first-order valence-corrected chi connectivity index (χ1v) is 6.11. The average molecular weight is 245 g/mol. The van der Waals surface area contributed by atoms with E-state index in [0.717, 1.165) is 23.6 Å². The Balaban J connectivity index is 1.98. The lowest BCUT2D eigenvalue weighted by molar-refractivity contribution is 0.291. The Morgan fingerprint density at radius 2 is 2.00 bits per heavy atom. The van der Waals surface area contributed by atoms with Gasteiger partial charge in [-0.05, 0) is 12.5 Å². The summed E-state index contributed by atoms with van der Waals surface area (Å²) in [4.78, 5) is 0. The molecule has 0 amide bonds. The van der Waals surface area contributed by atoms with Gasteiger partial charge >= 0.3 is 0 Å². The van der Waals surface area contributed by atoms with E-state index in [1.807, 2.05) is 32.2 Å². The molecular weight excluding hydrogens is 226 g/mol. The standard InChI is InChI=1S/C14H19N3O/c1-11-13(10-15)14(17(2)16-11)18-9-8-12-6-4-3-5-7-12/h3-7H,8-10,15H2,1-2H3. The number of ether oxygens (including phenoxy) is 1. The summed E-state index contributed by atoms with van der Waals surface area (Å²) in [5, 5.41) is 4.32. The first kappa shape index (κ1) is 12.6. The number of benzene rings is 1. The van der Waals surface area contributed by atoms with E-state index in [4.69, 9.17) is 10.5 Å². The fourth-order valence-electron chi connectivity index (χ4n) is 2.01. The van der Waals surface area contributed by atoms with Crippen molar-refractivity contribution in [3.8, 4) is 5.88 Å². The van der Waals surface area contributed by atoms with Crippen LogP contribution in [0.3, 0.4) is 0 Å². The first-order valence-electron chi connectivity index (χ1n) is 6.11. The van der Waals surface area contributed by atoms with E-state index in [0.29, 0.717) is 13.2 Å². The molecule has 4 heteroatoms. The van der Waals surface area contributed by atoms with Crippen molar-refractivity contribution in [3.63, 3.8) is 0 Å². The zero-order valence-electron chi connectivity index (χ0n) is 10.9. The maximum atomic E-state index is 5.80. The lowest BCUT2D eigenvalue weighted by Gasteiger charge is -2.08. The van der Waals surface area contributed by atoms with Crippen LogP contribution in [0.2, 0.25) is 0 Å². The quantitative estimate of drug-likeness (QED) is 0.874. The van der Waals surface area contributed by atoms with E-state index in [1.165, 1.54) is 5.56 Å². The number of aromatic nitrogens is 2. The van der Waals surface area contributed by atoms with Crippen molar-refractivity contribution in [2.75, 3.05) is 6.61 Å². The average Bonchev–Trinajstić information content (AvgIpc) is 2.65. The normalized spacial score (nSPS) is 10.6. The van der Waals surface area contributed by atoms with Crippen molar-refractivity contribution in [1.82, 2.24) is 9.78 Å². The summed E-state index contributed by atoms with van der Waals surface area (Å²) in [7, 11) is 1.88. The molecular formula is C14H19N3O. The highest BCUT2D eigenvalue weighted by molar-refractivity contribution is 5.30. The maximum absolute atomic E-state index is 5.80. The fraction of sp³-hybridized carbons (Fsp3) is 0.357. The maximum Gasteiger partial charge on any atom is 0.216 e. The second kappa shape index (κ2) is 5.69. The van der Waals surface area contributed by atoms with Gasteiger partial charge < -0.3 is 10.5 Å². The molecule has 0 radical (unpaired) electrons. The monoisotopic (exact) mass is 245 g/mol. The van der Waals surface area contributed by atoms with E-state index >= 15 is 0 Å². The highest BCUT2D eigenvalue weighted by atomic mass is 16.5. The minimum atomic E-state index is 0.459. The number of nitrogens with zero attached hydrogens (tertiary/aromatic N) is 2.